The van der Waals surface area contributed by atoms with Gasteiger partial charge in [-0.05, 0) is 44.0 Å². The molecule has 0 bridgehead atoms. The van der Waals surface area contributed by atoms with Gasteiger partial charge in [0.15, 0.2) is 5.69 Å². The highest BCUT2D eigenvalue weighted by Crippen LogP contribution is 2.29. The lowest BCUT2D eigenvalue weighted by molar-refractivity contribution is -0.141. The predicted molar refractivity (Wildman–Crippen MR) is 94.2 cm³/mol. The molecule has 132 valence electrons. The summed E-state index contributed by atoms with van der Waals surface area (Å²) < 4.78 is 1.67. The summed E-state index contributed by atoms with van der Waals surface area (Å²) in [6.45, 7) is 3.68. The Kier molecular flexibility index (Phi) is 4.81. The van der Waals surface area contributed by atoms with Gasteiger partial charge in [-0.25, -0.2) is 4.68 Å². The smallest absolute Gasteiger partial charge is 0.308 e. The molecule has 2 aromatic rings. The van der Waals surface area contributed by atoms with Gasteiger partial charge < -0.3 is 10.0 Å². The zero-order valence-electron chi connectivity index (χ0n) is 14.1. The van der Waals surface area contributed by atoms with Crippen molar-refractivity contribution in [1.82, 2.24) is 14.7 Å². The first kappa shape index (κ1) is 17.5. The van der Waals surface area contributed by atoms with Gasteiger partial charge in [-0.15, -0.1) is 0 Å². The lowest BCUT2D eigenvalue weighted by atomic mass is 10.1. The van der Waals surface area contributed by atoms with E-state index >= 15 is 0 Å². The third kappa shape index (κ3) is 3.85. The highest BCUT2D eigenvalue weighted by molar-refractivity contribution is 6.30. The van der Waals surface area contributed by atoms with Crippen molar-refractivity contribution in [1.29, 1.82) is 0 Å². The molecule has 1 aliphatic carbocycles. The number of hydrogen-bond donors (Lipinski definition) is 1. The molecule has 6 nitrogen and oxygen atoms in total. The van der Waals surface area contributed by atoms with Gasteiger partial charge in [-0.1, -0.05) is 24.6 Å². The zero-order chi connectivity index (χ0) is 18.1. The second kappa shape index (κ2) is 6.88. The Hall–Kier alpha value is -2.34. The number of nitrogens with zero attached hydrogens (tertiary/aromatic N) is 3. The summed E-state index contributed by atoms with van der Waals surface area (Å²) in [7, 11) is 0. The Morgan fingerprint density at radius 3 is 2.72 bits per heavy atom. The minimum absolute atomic E-state index is 0.117. The number of aromatic nitrogens is 2. The highest BCUT2D eigenvalue weighted by Gasteiger charge is 2.36. The number of carbonyl (C=O) groups excluding carboxylic acids is 1. The summed E-state index contributed by atoms with van der Waals surface area (Å²) in [5.41, 5.74) is 1.91. The first-order chi connectivity index (χ1) is 11.9. The molecule has 1 unspecified atom stereocenters. The van der Waals surface area contributed by atoms with Crippen LogP contribution in [0.3, 0.4) is 0 Å². The van der Waals surface area contributed by atoms with Gasteiger partial charge in [-0.3, -0.25) is 9.59 Å². The van der Waals surface area contributed by atoms with E-state index in [1.807, 2.05) is 19.1 Å². The fourth-order valence-electron chi connectivity index (χ4n) is 2.75. The minimum atomic E-state index is -0.904. The van der Waals surface area contributed by atoms with Crippen LogP contribution in [-0.2, 0) is 4.79 Å². The first-order valence-corrected chi connectivity index (χ1v) is 8.61. The van der Waals surface area contributed by atoms with Gasteiger partial charge in [0.05, 0.1) is 11.6 Å². The molecule has 1 amide bonds. The van der Waals surface area contributed by atoms with Crippen LogP contribution < -0.4 is 0 Å². The van der Waals surface area contributed by atoms with Crippen molar-refractivity contribution in [3.8, 4) is 5.69 Å². The highest BCUT2D eigenvalue weighted by atomic mass is 35.5. The number of aryl methyl sites for hydroxylation is 1. The van der Waals surface area contributed by atoms with Crippen LogP contribution in [0.5, 0.6) is 0 Å². The molecule has 1 aromatic heterocycles. The number of carboxylic acids is 1. The SMILES string of the molecule is Cc1cc(C(=O)N(CC(C)C(=O)O)C2CC2)nn1-c1cccc(Cl)c1. The van der Waals surface area contributed by atoms with E-state index < -0.39 is 11.9 Å². The molecule has 25 heavy (non-hydrogen) atoms. The fraction of sp³-hybridized carbons (Fsp3) is 0.389. The van der Waals surface area contributed by atoms with E-state index in [4.69, 9.17) is 16.7 Å². The summed E-state index contributed by atoms with van der Waals surface area (Å²) >= 11 is 6.03. The molecular formula is C18H20ClN3O3. The van der Waals surface area contributed by atoms with Crippen molar-refractivity contribution in [2.45, 2.75) is 32.7 Å². The Balaban J connectivity index is 1.86. The zero-order valence-corrected chi connectivity index (χ0v) is 14.9. The fourth-order valence-corrected chi connectivity index (χ4v) is 2.94. The maximum Gasteiger partial charge on any atom is 0.308 e. The molecule has 1 fully saturated rings. The number of halogens is 1. The first-order valence-electron chi connectivity index (χ1n) is 8.23. The molecule has 1 aliphatic rings. The third-order valence-corrected chi connectivity index (χ3v) is 4.54. The summed E-state index contributed by atoms with van der Waals surface area (Å²) in [4.78, 5) is 25.7. The summed E-state index contributed by atoms with van der Waals surface area (Å²) in [5, 5.41) is 14.2. The van der Waals surface area contributed by atoms with E-state index in [1.165, 1.54) is 0 Å². The van der Waals surface area contributed by atoms with Crippen LogP contribution in [0, 0.1) is 12.8 Å². The number of rotatable bonds is 6. The lowest BCUT2D eigenvalue weighted by Crippen LogP contribution is -2.38. The minimum Gasteiger partial charge on any atom is -0.481 e. The molecule has 0 aliphatic heterocycles. The van der Waals surface area contributed by atoms with Crippen LogP contribution in [0.2, 0.25) is 5.02 Å². The number of benzene rings is 1. The predicted octanol–water partition coefficient (Wildman–Crippen LogP) is 3.16. The van der Waals surface area contributed by atoms with Crippen LogP contribution in [0.15, 0.2) is 30.3 Å². The second-order valence-corrected chi connectivity index (χ2v) is 6.93. The number of carbonyl (C=O) groups is 2. The lowest BCUT2D eigenvalue weighted by Gasteiger charge is -2.23. The standard InChI is InChI=1S/C18H20ClN3O3/c1-11(18(24)25)10-21(14-6-7-14)17(23)16-8-12(2)22(20-16)15-5-3-4-13(19)9-15/h3-5,8-9,11,14H,6-7,10H2,1-2H3,(H,24,25). The molecule has 3 rings (SSSR count). The van der Waals surface area contributed by atoms with E-state index in [0.29, 0.717) is 10.7 Å². The Morgan fingerprint density at radius 1 is 1.40 bits per heavy atom. The van der Waals surface area contributed by atoms with Crippen LogP contribution in [0.25, 0.3) is 5.69 Å². The average molecular weight is 362 g/mol. The molecule has 0 saturated heterocycles. The molecule has 1 N–H and O–H groups in total. The van der Waals surface area contributed by atoms with Crippen LogP contribution in [0.1, 0.15) is 35.9 Å². The number of carboxylic acid groups (broad SMARTS) is 1. The molecule has 0 spiro atoms. The quantitative estimate of drug-likeness (QED) is 0.857. The van der Waals surface area contributed by atoms with E-state index in [2.05, 4.69) is 5.10 Å². The van der Waals surface area contributed by atoms with E-state index in [9.17, 15) is 9.59 Å². The van der Waals surface area contributed by atoms with E-state index in [1.54, 1.807) is 34.7 Å². The van der Waals surface area contributed by atoms with Gasteiger partial charge in [-0.2, -0.15) is 5.10 Å². The van der Waals surface area contributed by atoms with Crippen LogP contribution >= 0.6 is 11.6 Å². The van der Waals surface area contributed by atoms with Gasteiger partial charge in [0.2, 0.25) is 0 Å². The normalized spacial score (nSPS) is 15.0. The van der Waals surface area contributed by atoms with Crippen LogP contribution in [-0.4, -0.2) is 44.3 Å². The van der Waals surface area contributed by atoms with Crippen molar-refractivity contribution in [2.75, 3.05) is 6.54 Å². The van der Waals surface area contributed by atoms with Gasteiger partial charge >= 0.3 is 5.97 Å². The molecule has 1 atom stereocenters. The Morgan fingerprint density at radius 2 is 2.12 bits per heavy atom. The maximum absolute atomic E-state index is 12.9. The van der Waals surface area contributed by atoms with E-state index in [0.717, 1.165) is 24.2 Å². The average Bonchev–Trinajstić information content (AvgIpc) is 3.33. The molecule has 0 radical (unpaired) electrons. The Labute approximate surface area is 151 Å². The molecule has 7 heteroatoms. The summed E-state index contributed by atoms with van der Waals surface area (Å²) in [6, 6.07) is 9.09. The number of aliphatic carboxylic acids is 1. The third-order valence-electron chi connectivity index (χ3n) is 4.30. The number of hydrogen-bond acceptors (Lipinski definition) is 3. The molecule has 1 saturated carbocycles. The molecule has 1 heterocycles. The van der Waals surface area contributed by atoms with Crippen LogP contribution in [0.4, 0.5) is 0 Å². The second-order valence-electron chi connectivity index (χ2n) is 6.49. The van der Waals surface area contributed by atoms with Gasteiger partial charge in [0.1, 0.15) is 0 Å². The summed E-state index contributed by atoms with van der Waals surface area (Å²) in [5.74, 6) is -1.74. The van der Waals surface area contributed by atoms with Gasteiger partial charge in [0, 0.05) is 23.3 Å². The van der Waals surface area contributed by atoms with Crippen molar-refractivity contribution in [2.24, 2.45) is 5.92 Å². The molecular weight excluding hydrogens is 342 g/mol. The molecule has 1 aromatic carbocycles. The van der Waals surface area contributed by atoms with Gasteiger partial charge in [0.25, 0.3) is 5.91 Å². The largest absolute Gasteiger partial charge is 0.481 e. The Bertz CT molecular complexity index is 814. The van der Waals surface area contributed by atoms with E-state index in [-0.39, 0.29) is 18.5 Å². The van der Waals surface area contributed by atoms with Crippen molar-refractivity contribution < 1.29 is 14.7 Å². The summed E-state index contributed by atoms with van der Waals surface area (Å²) in [6.07, 6.45) is 1.82. The van der Waals surface area contributed by atoms with Crippen molar-refractivity contribution >= 4 is 23.5 Å². The monoisotopic (exact) mass is 361 g/mol. The number of amides is 1. The van der Waals surface area contributed by atoms with Crippen molar-refractivity contribution in [3.63, 3.8) is 0 Å². The van der Waals surface area contributed by atoms with Crippen molar-refractivity contribution in [3.05, 3.63) is 46.7 Å². The topological polar surface area (TPSA) is 75.4 Å². The maximum atomic E-state index is 12.9.